The second-order valence-corrected chi connectivity index (χ2v) is 8.04. The highest BCUT2D eigenvalue weighted by atomic mass is 127. The molecule has 0 saturated carbocycles. The third-order valence-electron chi connectivity index (χ3n) is 5.08. The third kappa shape index (κ3) is 10.5. The monoisotopic (exact) mass is 495 g/mol. The molecule has 1 aliphatic heterocycles. The molecule has 0 aliphatic carbocycles. The largest absolute Gasteiger partial charge is 0.356 e. The van der Waals surface area contributed by atoms with Crippen LogP contribution < -0.4 is 10.6 Å². The summed E-state index contributed by atoms with van der Waals surface area (Å²) in [5.41, 5.74) is 0. The number of aliphatic imine (C=N–C) groups is 1. The fourth-order valence-corrected chi connectivity index (χ4v) is 3.66. The number of hydrogen-bond acceptors (Lipinski definition) is 3. The van der Waals surface area contributed by atoms with Crippen LogP contribution >= 0.6 is 24.0 Å². The summed E-state index contributed by atoms with van der Waals surface area (Å²) < 4.78 is 0. The van der Waals surface area contributed by atoms with E-state index in [2.05, 4.69) is 55.1 Å². The molecule has 0 aromatic heterocycles. The van der Waals surface area contributed by atoms with Crippen LogP contribution in [0.15, 0.2) is 4.99 Å². The van der Waals surface area contributed by atoms with E-state index in [9.17, 15) is 4.79 Å². The summed E-state index contributed by atoms with van der Waals surface area (Å²) in [5.74, 6) is 1.67. The molecule has 1 atom stereocenters. The minimum absolute atomic E-state index is 0. The van der Waals surface area contributed by atoms with Crippen molar-refractivity contribution in [3.05, 3.63) is 0 Å². The average Bonchev–Trinajstić information content (AvgIpc) is 2.59. The Morgan fingerprint density at radius 2 is 1.81 bits per heavy atom. The number of nitrogens with zero attached hydrogens (tertiary/aromatic N) is 3. The summed E-state index contributed by atoms with van der Waals surface area (Å²) in [4.78, 5) is 21.1. The van der Waals surface area contributed by atoms with Crippen molar-refractivity contribution in [3.63, 3.8) is 0 Å². The fourth-order valence-electron chi connectivity index (χ4n) is 3.66. The van der Waals surface area contributed by atoms with Gasteiger partial charge in [0.25, 0.3) is 0 Å². The predicted molar refractivity (Wildman–Crippen MR) is 126 cm³/mol. The van der Waals surface area contributed by atoms with Crippen molar-refractivity contribution in [3.8, 4) is 0 Å². The van der Waals surface area contributed by atoms with Gasteiger partial charge in [0.15, 0.2) is 5.96 Å². The summed E-state index contributed by atoms with van der Waals surface area (Å²) in [6.45, 7) is 15.6. The smallest absolute Gasteiger partial charge is 0.224 e. The lowest BCUT2D eigenvalue weighted by Crippen LogP contribution is -2.43. The van der Waals surface area contributed by atoms with Crippen LogP contribution in [0.3, 0.4) is 0 Å². The number of halogens is 1. The van der Waals surface area contributed by atoms with Crippen LogP contribution in [0.1, 0.15) is 60.3 Å². The molecule has 1 heterocycles. The van der Waals surface area contributed by atoms with Crippen molar-refractivity contribution in [2.45, 2.75) is 72.4 Å². The highest BCUT2D eigenvalue weighted by Gasteiger charge is 2.20. The van der Waals surface area contributed by atoms with Gasteiger partial charge in [-0.1, -0.05) is 6.92 Å². The average molecular weight is 495 g/mol. The first-order valence-corrected chi connectivity index (χ1v) is 10.3. The molecule has 0 spiro atoms. The number of piperidine rings is 1. The molecule has 0 radical (unpaired) electrons. The summed E-state index contributed by atoms with van der Waals surface area (Å²) in [6, 6.07) is 1.13. The van der Waals surface area contributed by atoms with Crippen molar-refractivity contribution in [2.24, 2.45) is 10.9 Å². The van der Waals surface area contributed by atoms with E-state index in [1.54, 1.807) is 7.05 Å². The zero-order valence-electron chi connectivity index (χ0n) is 18.3. The van der Waals surface area contributed by atoms with E-state index < -0.39 is 0 Å². The molecular formula is C20H42IN5O. The van der Waals surface area contributed by atoms with E-state index in [4.69, 9.17) is 0 Å². The number of carbonyl (C=O) groups excluding carboxylic acids is 1. The number of rotatable bonds is 9. The predicted octanol–water partition coefficient (Wildman–Crippen LogP) is 2.93. The zero-order valence-corrected chi connectivity index (χ0v) is 20.6. The highest BCUT2D eigenvalue weighted by molar-refractivity contribution is 14.0. The van der Waals surface area contributed by atoms with Crippen LogP contribution in [0, 0.1) is 5.92 Å². The van der Waals surface area contributed by atoms with Crippen molar-refractivity contribution in [1.82, 2.24) is 20.4 Å². The lowest BCUT2D eigenvalue weighted by Gasteiger charge is -2.31. The summed E-state index contributed by atoms with van der Waals surface area (Å²) >= 11 is 0. The lowest BCUT2D eigenvalue weighted by atomic mass is 10.00. The van der Waals surface area contributed by atoms with Crippen molar-refractivity contribution in [1.29, 1.82) is 0 Å². The summed E-state index contributed by atoms with van der Waals surface area (Å²) in [6.07, 6.45) is 3.97. The van der Waals surface area contributed by atoms with Gasteiger partial charge in [-0.15, -0.1) is 24.0 Å². The molecular weight excluding hydrogens is 453 g/mol. The van der Waals surface area contributed by atoms with Crippen molar-refractivity contribution >= 4 is 35.8 Å². The van der Waals surface area contributed by atoms with E-state index in [1.165, 1.54) is 6.42 Å². The third-order valence-corrected chi connectivity index (χ3v) is 5.08. The van der Waals surface area contributed by atoms with Crippen LogP contribution in [-0.4, -0.2) is 73.5 Å². The Morgan fingerprint density at radius 3 is 2.37 bits per heavy atom. The molecule has 1 unspecified atom stereocenters. The van der Waals surface area contributed by atoms with E-state index in [0.717, 1.165) is 45.0 Å². The molecule has 6 nitrogen and oxygen atoms in total. The van der Waals surface area contributed by atoms with Crippen molar-refractivity contribution < 1.29 is 4.79 Å². The van der Waals surface area contributed by atoms with Gasteiger partial charge in [0.05, 0.1) is 0 Å². The second kappa shape index (κ2) is 14.4. The molecule has 0 aromatic rings. The van der Waals surface area contributed by atoms with E-state index in [-0.39, 0.29) is 29.9 Å². The molecule has 2 N–H and O–H groups in total. The second-order valence-electron chi connectivity index (χ2n) is 8.04. The quantitative estimate of drug-likeness (QED) is 0.224. The Morgan fingerprint density at radius 1 is 1.19 bits per heavy atom. The number of amides is 1. The number of hydrogen-bond donors (Lipinski definition) is 2. The highest BCUT2D eigenvalue weighted by Crippen LogP contribution is 2.15. The molecule has 7 heteroatoms. The van der Waals surface area contributed by atoms with Gasteiger partial charge in [0.1, 0.15) is 0 Å². The molecule has 27 heavy (non-hydrogen) atoms. The first-order valence-electron chi connectivity index (χ1n) is 10.3. The van der Waals surface area contributed by atoms with Crippen LogP contribution in [0.2, 0.25) is 0 Å². The molecule has 1 fully saturated rings. The molecule has 0 aromatic carbocycles. The Hall–Kier alpha value is -0.570. The molecule has 1 amide bonds. The van der Waals surface area contributed by atoms with Gasteiger partial charge < -0.3 is 15.5 Å². The van der Waals surface area contributed by atoms with E-state index in [1.807, 2.05) is 4.90 Å². The first kappa shape index (κ1) is 26.4. The number of guanidine groups is 1. The molecule has 1 saturated heterocycles. The Kier molecular flexibility index (Phi) is 14.1. The normalized spacial score (nSPS) is 18.0. The maximum absolute atomic E-state index is 12.3. The van der Waals surface area contributed by atoms with Gasteiger partial charge in [-0.25, -0.2) is 0 Å². The van der Waals surface area contributed by atoms with Gasteiger partial charge in [0.2, 0.25) is 5.91 Å². The molecule has 0 bridgehead atoms. The lowest BCUT2D eigenvalue weighted by molar-refractivity contribution is -0.132. The Labute approximate surface area is 183 Å². The van der Waals surface area contributed by atoms with Crippen LogP contribution in [0.4, 0.5) is 0 Å². The number of likely N-dealkylation sites (tertiary alicyclic amines) is 1. The van der Waals surface area contributed by atoms with Crippen molar-refractivity contribution in [2.75, 3.05) is 39.8 Å². The van der Waals surface area contributed by atoms with Crippen LogP contribution in [0.25, 0.3) is 0 Å². The number of nitrogens with one attached hydrogen (secondary N) is 2. The maximum atomic E-state index is 12.3. The molecule has 160 valence electrons. The topological polar surface area (TPSA) is 60.0 Å². The number of carbonyl (C=O) groups is 1. The first-order chi connectivity index (χ1) is 12.3. The Balaban J connectivity index is 0.00000676. The van der Waals surface area contributed by atoms with E-state index >= 15 is 0 Å². The van der Waals surface area contributed by atoms with Gasteiger partial charge in [-0.05, 0) is 52.9 Å². The standard InChI is InChI=1S/C20H41N5O.HI/c1-16(2)25(17(3)4)14-8-11-22-20(21-6)23-12-10-19(26)24-13-7-9-18(5)15-24;/h16-18H,7-15H2,1-6H3,(H2,21,22,23);1H. The van der Waals surface area contributed by atoms with Crippen LogP contribution in [0.5, 0.6) is 0 Å². The minimum Gasteiger partial charge on any atom is -0.356 e. The fraction of sp³-hybridized carbons (Fsp3) is 0.900. The molecule has 1 aliphatic rings. The zero-order chi connectivity index (χ0) is 19.5. The minimum atomic E-state index is 0. The summed E-state index contributed by atoms with van der Waals surface area (Å²) in [5, 5.41) is 6.61. The SMILES string of the molecule is CN=C(NCCCN(C(C)C)C(C)C)NCCC(=O)N1CCCC(C)C1.I. The maximum Gasteiger partial charge on any atom is 0.224 e. The van der Waals surface area contributed by atoms with E-state index in [0.29, 0.717) is 31.0 Å². The van der Waals surface area contributed by atoms with Crippen LogP contribution in [-0.2, 0) is 4.79 Å². The summed E-state index contributed by atoms with van der Waals surface area (Å²) in [7, 11) is 1.78. The molecule has 1 rings (SSSR count). The van der Waals surface area contributed by atoms with Gasteiger partial charge in [-0.3, -0.25) is 14.7 Å². The van der Waals surface area contributed by atoms with Gasteiger partial charge >= 0.3 is 0 Å². The Bertz CT molecular complexity index is 434. The van der Waals surface area contributed by atoms with Gasteiger partial charge in [-0.2, -0.15) is 0 Å². The van der Waals surface area contributed by atoms with Gasteiger partial charge in [0, 0.05) is 58.3 Å².